The Morgan fingerprint density at radius 1 is 1.26 bits per heavy atom. The summed E-state index contributed by atoms with van der Waals surface area (Å²) in [7, 11) is 0. The molecule has 1 heterocycles. The van der Waals surface area contributed by atoms with Gasteiger partial charge in [-0.25, -0.2) is 0 Å². The fourth-order valence-corrected chi connectivity index (χ4v) is 2.18. The lowest BCUT2D eigenvalue weighted by Crippen LogP contribution is -2.40. The van der Waals surface area contributed by atoms with Gasteiger partial charge in [0, 0.05) is 6.54 Å². The predicted molar refractivity (Wildman–Crippen MR) is 66.7 cm³/mol. The first kappa shape index (κ1) is 14.3. The van der Waals surface area contributed by atoms with Crippen LogP contribution in [-0.4, -0.2) is 19.2 Å². The van der Waals surface area contributed by atoms with Crippen LogP contribution in [0.15, 0.2) is 24.3 Å². The summed E-state index contributed by atoms with van der Waals surface area (Å²) in [4.78, 5) is 0. The van der Waals surface area contributed by atoms with Crippen molar-refractivity contribution in [2.24, 2.45) is 5.92 Å². The fourth-order valence-electron chi connectivity index (χ4n) is 2.18. The number of hydrogen-bond donors (Lipinski definition) is 1. The molecule has 1 aromatic rings. The molecule has 1 saturated heterocycles. The van der Waals surface area contributed by atoms with Gasteiger partial charge >= 0.3 is 6.18 Å². The molecule has 5 heteroatoms. The summed E-state index contributed by atoms with van der Waals surface area (Å²) in [5, 5.41) is 3.26. The Hall–Kier alpha value is -1.07. The van der Waals surface area contributed by atoms with E-state index in [4.69, 9.17) is 4.74 Å². The smallest absolute Gasteiger partial charge is 0.372 e. The van der Waals surface area contributed by atoms with E-state index < -0.39 is 11.7 Å². The molecule has 1 N–H and O–H groups in total. The maximum atomic E-state index is 12.4. The molecule has 0 saturated carbocycles. The lowest BCUT2D eigenvalue weighted by atomic mass is 9.97. The van der Waals surface area contributed by atoms with E-state index in [1.807, 2.05) is 0 Å². The molecule has 0 aliphatic carbocycles. The van der Waals surface area contributed by atoms with Crippen molar-refractivity contribution in [3.63, 3.8) is 0 Å². The summed E-state index contributed by atoms with van der Waals surface area (Å²) in [6.45, 7) is 4.30. The molecule has 0 radical (unpaired) electrons. The number of alkyl halides is 3. The highest BCUT2D eigenvalue weighted by molar-refractivity contribution is 5.24. The van der Waals surface area contributed by atoms with Gasteiger partial charge in [0.1, 0.15) is 0 Å². The molecule has 2 unspecified atom stereocenters. The molecular formula is C14H18F3NO. The zero-order chi connectivity index (χ0) is 13.9. The van der Waals surface area contributed by atoms with Crippen molar-refractivity contribution >= 4 is 0 Å². The predicted octanol–water partition coefficient (Wildman–Crippen LogP) is 3.22. The average Bonchev–Trinajstić information content (AvgIpc) is 2.37. The van der Waals surface area contributed by atoms with Gasteiger partial charge in [0.25, 0.3) is 0 Å². The monoisotopic (exact) mass is 273 g/mol. The van der Waals surface area contributed by atoms with Crippen LogP contribution in [0, 0.1) is 5.92 Å². The minimum atomic E-state index is -4.28. The maximum absolute atomic E-state index is 12.4. The van der Waals surface area contributed by atoms with Gasteiger partial charge in [-0.2, -0.15) is 13.2 Å². The number of benzene rings is 1. The van der Waals surface area contributed by atoms with E-state index in [2.05, 4.69) is 12.2 Å². The summed E-state index contributed by atoms with van der Waals surface area (Å²) >= 11 is 0. The minimum absolute atomic E-state index is 0.135. The lowest BCUT2D eigenvalue weighted by molar-refractivity contribution is -0.137. The highest BCUT2D eigenvalue weighted by Gasteiger charge is 2.30. The molecule has 0 spiro atoms. The van der Waals surface area contributed by atoms with Gasteiger partial charge in [-0.1, -0.05) is 19.1 Å². The van der Waals surface area contributed by atoms with Gasteiger partial charge in [0.2, 0.25) is 0 Å². The molecule has 2 nitrogen and oxygen atoms in total. The van der Waals surface area contributed by atoms with E-state index in [1.165, 1.54) is 12.1 Å². The Morgan fingerprint density at radius 3 is 2.53 bits per heavy atom. The number of rotatable bonds is 3. The van der Waals surface area contributed by atoms with Crippen LogP contribution >= 0.6 is 0 Å². The van der Waals surface area contributed by atoms with Crippen molar-refractivity contribution in [2.75, 3.05) is 13.1 Å². The van der Waals surface area contributed by atoms with Crippen LogP contribution in [0.2, 0.25) is 0 Å². The molecule has 0 aromatic heterocycles. The van der Waals surface area contributed by atoms with E-state index in [9.17, 15) is 13.2 Å². The Kier molecular flexibility index (Phi) is 4.47. The number of piperidine rings is 1. The number of nitrogens with one attached hydrogen (secondary N) is 1. The minimum Gasteiger partial charge on any atom is -0.372 e. The number of halogens is 3. The van der Waals surface area contributed by atoms with Crippen LogP contribution in [0.1, 0.15) is 24.5 Å². The highest BCUT2D eigenvalue weighted by atomic mass is 19.4. The first-order valence-electron chi connectivity index (χ1n) is 6.45. The second kappa shape index (κ2) is 5.92. The van der Waals surface area contributed by atoms with Crippen LogP contribution < -0.4 is 5.32 Å². The Morgan fingerprint density at radius 2 is 1.95 bits per heavy atom. The quantitative estimate of drug-likeness (QED) is 0.913. The third kappa shape index (κ3) is 3.94. The topological polar surface area (TPSA) is 21.3 Å². The number of ether oxygens (including phenoxy) is 1. The van der Waals surface area contributed by atoms with E-state index in [0.29, 0.717) is 12.5 Å². The Labute approximate surface area is 111 Å². The third-order valence-electron chi connectivity index (χ3n) is 3.50. The Balaban J connectivity index is 1.89. The van der Waals surface area contributed by atoms with Crippen molar-refractivity contribution < 1.29 is 17.9 Å². The molecule has 1 aromatic carbocycles. The van der Waals surface area contributed by atoms with E-state index in [-0.39, 0.29) is 6.10 Å². The molecule has 19 heavy (non-hydrogen) atoms. The highest BCUT2D eigenvalue weighted by Crippen LogP contribution is 2.29. The first-order valence-corrected chi connectivity index (χ1v) is 6.45. The van der Waals surface area contributed by atoms with Gasteiger partial charge in [0.05, 0.1) is 18.3 Å². The fraction of sp³-hybridized carbons (Fsp3) is 0.571. The third-order valence-corrected chi connectivity index (χ3v) is 3.50. The summed E-state index contributed by atoms with van der Waals surface area (Å²) in [6, 6.07) is 5.15. The SMILES string of the molecule is CC1CCNCC1OCc1ccc(C(F)(F)F)cc1. The normalized spacial score (nSPS) is 24.4. The second-order valence-electron chi connectivity index (χ2n) is 5.01. The van der Waals surface area contributed by atoms with Crippen molar-refractivity contribution in [3.8, 4) is 0 Å². The molecule has 2 atom stereocenters. The molecule has 1 fully saturated rings. The van der Waals surface area contributed by atoms with Gasteiger partial charge in [-0.05, 0) is 36.6 Å². The standard InChI is InChI=1S/C14H18F3NO/c1-10-6-7-18-8-13(10)19-9-11-2-4-12(5-3-11)14(15,16)17/h2-5,10,13,18H,6-9H2,1H3. The van der Waals surface area contributed by atoms with Crippen molar-refractivity contribution in [3.05, 3.63) is 35.4 Å². The largest absolute Gasteiger partial charge is 0.416 e. The molecule has 0 amide bonds. The van der Waals surface area contributed by atoms with Crippen molar-refractivity contribution in [2.45, 2.75) is 32.2 Å². The summed E-state index contributed by atoms with van der Waals surface area (Å²) in [5.74, 6) is 0.482. The van der Waals surface area contributed by atoms with Crippen molar-refractivity contribution in [1.82, 2.24) is 5.32 Å². The summed E-state index contributed by atoms with van der Waals surface area (Å²) in [6.07, 6.45) is -3.07. The van der Waals surface area contributed by atoms with Gasteiger partial charge in [-0.3, -0.25) is 0 Å². The van der Waals surface area contributed by atoms with E-state index in [0.717, 1.165) is 37.2 Å². The maximum Gasteiger partial charge on any atom is 0.416 e. The Bertz CT molecular complexity index is 402. The van der Waals surface area contributed by atoms with Crippen LogP contribution in [0.25, 0.3) is 0 Å². The number of hydrogen-bond acceptors (Lipinski definition) is 2. The van der Waals surface area contributed by atoms with Crippen LogP contribution in [0.5, 0.6) is 0 Å². The lowest BCUT2D eigenvalue weighted by Gasteiger charge is -2.29. The first-order chi connectivity index (χ1) is 8.97. The second-order valence-corrected chi connectivity index (χ2v) is 5.01. The van der Waals surface area contributed by atoms with Gasteiger partial charge < -0.3 is 10.1 Å². The summed E-state index contributed by atoms with van der Waals surface area (Å²) < 4.78 is 43.0. The molecule has 1 aliphatic heterocycles. The molecular weight excluding hydrogens is 255 g/mol. The molecule has 1 aliphatic rings. The summed E-state index contributed by atoms with van der Waals surface area (Å²) in [5.41, 5.74) is 0.148. The van der Waals surface area contributed by atoms with Crippen molar-refractivity contribution in [1.29, 1.82) is 0 Å². The van der Waals surface area contributed by atoms with Crippen LogP contribution in [0.3, 0.4) is 0 Å². The van der Waals surface area contributed by atoms with Crippen LogP contribution in [-0.2, 0) is 17.5 Å². The average molecular weight is 273 g/mol. The molecule has 0 bridgehead atoms. The zero-order valence-corrected chi connectivity index (χ0v) is 10.8. The van der Waals surface area contributed by atoms with Gasteiger partial charge in [0.15, 0.2) is 0 Å². The van der Waals surface area contributed by atoms with E-state index >= 15 is 0 Å². The van der Waals surface area contributed by atoms with Crippen LogP contribution in [0.4, 0.5) is 13.2 Å². The molecule has 2 rings (SSSR count). The van der Waals surface area contributed by atoms with Gasteiger partial charge in [-0.15, -0.1) is 0 Å². The zero-order valence-electron chi connectivity index (χ0n) is 10.8. The molecule has 106 valence electrons. The van der Waals surface area contributed by atoms with E-state index in [1.54, 1.807) is 0 Å².